The van der Waals surface area contributed by atoms with Crippen LogP contribution in [-0.4, -0.2) is 62.2 Å². The fraction of sp³-hybridized carbons (Fsp3) is 0.682. The molecule has 0 heterocycles. The summed E-state index contributed by atoms with van der Waals surface area (Å²) in [6.45, 7) is 6.78. The number of hydrogen-bond acceptors (Lipinski definition) is 6. The number of benzene rings is 1. The van der Waals surface area contributed by atoms with Crippen molar-refractivity contribution in [2.45, 2.75) is 64.6 Å². The quantitative estimate of drug-likeness (QED) is 0.249. The molecule has 0 aliphatic rings. The van der Waals surface area contributed by atoms with Crippen LogP contribution in [0.4, 0.5) is 8.78 Å². The van der Waals surface area contributed by atoms with E-state index in [1.54, 1.807) is 0 Å². The summed E-state index contributed by atoms with van der Waals surface area (Å²) in [7, 11) is -3.50. The van der Waals surface area contributed by atoms with E-state index in [2.05, 4.69) is 24.5 Å². The Morgan fingerprint density at radius 2 is 1.74 bits per heavy atom. The number of amides is 1. The van der Waals surface area contributed by atoms with Crippen LogP contribution in [0.25, 0.3) is 0 Å². The normalized spacial score (nSPS) is 14.0. The predicted octanol–water partition coefficient (Wildman–Crippen LogP) is 2.37. The molecule has 200 valence electrons. The Morgan fingerprint density at radius 1 is 1.15 bits per heavy atom. The fourth-order valence-corrected chi connectivity index (χ4v) is 4.73. The molecule has 7 nitrogen and oxygen atoms in total. The molecule has 1 rings (SSSR count). The van der Waals surface area contributed by atoms with Crippen molar-refractivity contribution in [2.24, 2.45) is 11.7 Å². The number of nitrogens with one attached hydrogen (secondary N) is 2. The van der Waals surface area contributed by atoms with E-state index >= 15 is 0 Å². The van der Waals surface area contributed by atoms with E-state index in [-0.39, 0.29) is 49.1 Å². The summed E-state index contributed by atoms with van der Waals surface area (Å²) in [5.41, 5.74) is 6.06. The third-order valence-electron chi connectivity index (χ3n) is 5.00. The highest BCUT2D eigenvalue weighted by Crippen LogP contribution is 2.12. The van der Waals surface area contributed by atoms with Crippen molar-refractivity contribution < 1.29 is 27.1 Å². The summed E-state index contributed by atoms with van der Waals surface area (Å²) < 4.78 is 51.4. The van der Waals surface area contributed by atoms with Crippen LogP contribution in [0.3, 0.4) is 0 Å². The minimum atomic E-state index is -3.50. The van der Waals surface area contributed by atoms with Crippen LogP contribution in [-0.2, 0) is 21.1 Å². The van der Waals surface area contributed by atoms with Crippen molar-refractivity contribution >= 4 is 40.6 Å². The van der Waals surface area contributed by atoms with Gasteiger partial charge in [0, 0.05) is 12.6 Å². The predicted molar refractivity (Wildman–Crippen MR) is 136 cm³/mol. The van der Waals surface area contributed by atoms with E-state index in [1.165, 1.54) is 0 Å². The maximum atomic E-state index is 13.6. The van der Waals surface area contributed by atoms with Crippen LogP contribution in [0.15, 0.2) is 18.2 Å². The lowest BCUT2D eigenvalue weighted by Crippen LogP contribution is -2.54. The Morgan fingerprint density at radius 3 is 2.26 bits per heavy atom. The molecule has 0 radical (unpaired) electrons. The van der Waals surface area contributed by atoms with Crippen LogP contribution in [0, 0.1) is 17.6 Å². The lowest BCUT2D eigenvalue weighted by Gasteiger charge is -2.26. The Kier molecular flexibility index (Phi) is 18.0. The Labute approximate surface area is 214 Å². The van der Waals surface area contributed by atoms with E-state index in [0.717, 1.165) is 24.6 Å². The molecule has 5 N–H and O–H groups in total. The number of aliphatic hydroxyl groups excluding tert-OH is 1. The molecule has 0 spiro atoms. The van der Waals surface area contributed by atoms with E-state index < -0.39 is 51.3 Å². The zero-order valence-electron chi connectivity index (χ0n) is 19.9. The van der Waals surface area contributed by atoms with Gasteiger partial charge in [-0.2, -0.15) is 0 Å². The van der Waals surface area contributed by atoms with Crippen LogP contribution >= 0.6 is 24.8 Å². The second kappa shape index (κ2) is 17.4. The first-order valence-electron chi connectivity index (χ1n) is 11.0. The van der Waals surface area contributed by atoms with Gasteiger partial charge in [-0.15, -0.1) is 24.8 Å². The molecule has 0 fully saturated rings. The van der Waals surface area contributed by atoms with Gasteiger partial charge in [-0.25, -0.2) is 17.2 Å². The van der Waals surface area contributed by atoms with Gasteiger partial charge in [0.15, 0.2) is 9.84 Å². The van der Waals surface area contributed by atoms with E-state index in [1.807, 2.05) is 6.92 Å². The first-order valence-corrected chi connectivity index (χ1v) is 12.9. The molecule has 0 saturated heterocycles. The number of nitrogens with two attached hydrogens (primary N) is 1. The van der Waals surface area contributed by atoms with E-state index in [0.29, 0.717) is 25.3 Å². The molecule has 0 saturated carbocycles. The maximum Gasteiger partial charge on any atom is 0.238 e. The smallest absolute Gasteiger partial charge is 0.238 e. The standard InChI is InChI=1S/C22H37F2N3O4S.2ClH/c1-4-5-8-32(30,31)14-19(25)22(29)27-20(21(28)13-26-7-6-15(2)3)11-16-9-17(23)12-18(24)10-16;;/h9-10,12,15,19-21,26,28H,4-8,11,13-14,25H2,1-3H3,(H,27,29);2*1H/t19-,20+,21-;;/m1../s1. The number of rotatable bonds is 15. The summed E-state index contributed by atoms with van der Waals surface area (Å²) >= 11 is 0. The van der Waals surface area contributed by atoms with Crippen molar-refractivity contribution in [2.75, 3.05) is 24.6 Å². The summed E-state index contributed by atoms with van der Waals surface area (Å²) in [4.78, 5) is 12.6. The van der Waals surface area contributed by atoms with Gasteiger partial charge in [0.2, 0.25) is 5.91 Å². The number of aliphatic hydroxyl groups is 1. The van der Waals surface area contributed by atoms with Gasteiger partial charge in [0.25, 0.3) is 0 Å². The highest BCUT2D eigenvalue weighted by atomic mass is 35.5. The molecule has 12 heteroatoms. The largest absolute Gasteiger partial charge is 0.390 e. The van der Waals surface area contributed by atoms with Crippen molar-refractivity contribution in [3.8, 4) is 0 Å². The number of carbonyl (C=O) groups is 1. The van der Waals surface area contributed by atoms with Gasteiger partial charge < -0.3 is 21.5 Å². The Bertz CT molecular complexity index is 812. The second-order valence-electron chi connectivity index (χ2n) is 8.63. The van der Waals surface area contributed by atoms with Gasteiger partial charge in [-0.1, -0.05) is 27.2 Å². The van der Waals surface area contributed by atoms with Crippen molar-refractivity contribution in [1.82, 2.24) is 10.6 Å². The molecule has 34 heavy (non-hydrogen) atoms. The fourth-order valence-electron chi connectivity index (χ4n) is 3.14. The minimum absolute atomic E-state index is 0. The highest BCUT2D eigenvalue weighted by Gasteiger charge is 2.27. The lowest BCUT2D eigenvalue weighted by molar-refractivity contribution is -0.123. The molecular formula is C22H39Cl2F2N3O4S. The van der Waals surface area contributed by atoms with Crippen molar-refractivity contribution in [3.63, 3.8) is 0 Å². The molecule has 0 aromatic heterocycles. The number of unbranched alkanes of at least 4 members (excludes halogenated alkanes) is 1. The third-order valence-corrected chi connectivity index (χ3v) is 6.78. The molecule has 1 amide bonds. The van der Waals surface area contributed by atoms with Gasteiger partial charge in [-0.3, -0.25) is 4.79 Å². The van der Waals surface area contributed by atoms with Gasteiger partial charge in [0.1, 0.15) is 11.6 Å². The second-order valence-corrected chi connectivity index (χ2v) is 10.9. The zero-order valence-corrected chi connectivity index (χ0v) is 22.4. The summed E-state index contributed by atoms with van der Waals surface area (Å²) in [5.74, 6) is -2.38. The Hall–Kier alpha value is -1.04. The molecule has 0 aliphatic heterocycles. The molecular weight excluding hydrogens is 511 g/mol. The first-order chi connectivity index (χ1) is 14.9. The van der Waals surface area contributed by atoms with Gasteiger partial charge in [-0.05, 0) is 49.4 Å². The monoisotopic (exact) mass is 549 g/mol. The zero-order chi connectivity index (χ0) is 24.3. The minimum Gasteiger partial charge on any atom is -0.390 e. The summed E-state index contributed by atoms with van der Waals surface area (Å²) in [6.07, 6.45) is 0.928. The third kappa shape index (κ3) is 14.4. The summed E-state index contributed by atoms with van der Waals surface area (Å²) in [5, 5.41) is 16.3. The first kappa shape index (κ1) is 35.1. The van der Waals surface area contributed by atoms with Crippen LogP contribution in [0.5, 0.6) is 0 Å². The Balaban J connectivity index is 0. The molecule has 0 bridgehead atoms. The van der Waals surface area contributed by atoms with Crippen LogP contribution in [0.1, 0.15) is 45.6 Å². The van der Waals surface area contributed by atoms with Crippen LogP contribution in [0.2, 0.25) is 0 Å². The summed E-state index contributed by atoms with van der Waals surface area (Å²) in [6, 6.07) is 0.745. The maximum absolute atomic E-state index is 13.6. The number of carbonyl (C=O) groups excluding carboxylic acids is 1. The van der Waals surface area contributed by atoms with Gasteiger partial charge in [0.05, 0.1) is 29.7 Å². The van der Waals surface area contributed by atoms with Crippen molar-refractivity contribution in [3.05, 3.63) is 35.4 Å². The molecule has 1 aromatic carbocycles. The topological polar surface area (TPSA) is 122 Å². The average Bonchev–Trinajstić information content (AvgIpc) is 2.67. The SMILES string of the molecule is CCCCS(=O)(=O)C[C@@H](N)C(=O)N[C@@H](Cc1cc(F)cc(F)c1)[C@H](O)CNCCC(C)C.Cl.Cl. The number of halogens is 4. The van der Waals surface area contributed by atoms with E-state index in [9.17, 15) is 27.1 Å². The number of hydrogen-bond donors (Lipinski definition) is 4. The number of sulfone groups is 1. The van der Waals surface area contributed by atoms with Crippen LogP contribution < -0.4 is 16.4 Å². The van der Waals surface area contributed by atoms with E-state index in [4.69, 9.17) is 5.73 Å². The molecule has 3 atom stereocenters. The lowest BCUT2D eigenvalue weighted by atomic mass is 10.00. The molecule has 1 aromatic rings. The average molecular weight is 551 g/mol. The molecule has 0 aliphatic carbocycles. The molecule has 0 unspecified atom stereocenters. The van der Waals surface area contributed by atoms with Gasteiger partial charge >= 0.3 is 0 Å². The van der Waals surface area contributed by atoms with Crippen molar-refractivity contribution in [1.29, 1.82) is 0 Å². The highest BCUT2D eigenvalue weighted by molar-refractivity contribution is 7.91.